The van der Waals surface area contributed by atoms with Gasteiger partial charge in [0.15, 0.2) is 0 Å². The van der Waals surface area contributed by atoms with E-state index in [9.17, 15) is 9.59 Å². The fraction of sp³-hybridized carbons (Fsp3) is 0.500. The number of piperidine rings is 1. The van der Waals surface area contributed by atoms with Crippen LogP contribution in [0.25, 0.3) is 0 Å². The van der Waals surface area contributed by atoms with Crippen LogP contribution in [0, 0.1) is 5.92 Å². The van der Waals surface area contributed by atoms with Gasteiger partial charge in [-0.3, -0.25) is 9.59 Å². The minimum atomic E-state index is -0.0592. The summed E-state index contributed by atoms with van der Waals surface area (Å²) in [6.45, 7) is 1.15. The third-order valence-corrected chi connectivity index (χ3v) is 3.82. The van der Waals surface area contributed by atoms with Crippen LogP contribution in [-0.4, -0.2) is 24.9 Å². The Balaban J connectivity index is 1.68. The van der Waals surface area contributed by atoms with Crippen LogP contribution in [-0.2, 0) is 16.0 Å². The molecule has 4 nitrogen and oxygen atoms in total. The van der Waals surface area contributed by atoms with Gasteiger partial charge in [0.25, 0.3) is 0 Å². The normalized spacial score (nSPS) is 19.8. The van der Waals surface area contributed by atoms with Crippen molar-refractivity contribution in [3.63, 3.8) is 0 Å². The average Bonchev–Trinajstić information content (AvgIpc) is 2.83. The number of hydrogen-bond acceptors (Lipinski definition) is 3. The molecular formula is C12H16N2O2S. The van der Waals surface area contributed by atoms with Crippen LogP contribution >= 0.6 is 11.3 Å². The smallest absolute Gasteiger partial charge is 0.224 e. The minimum Gasteiger partial charge on any atom is -0.355 e. The van der Waals surface area contributed by atoms with E-state index in [4.69, 9.17) is 0 Å². The van der Waals surface area contributed by atoms with Crippen molar-refractivity contribution in [3.8, 4) is 0 Å². The molecule has 92 valence electrons. The summed E-state index contributed by atoms with van der Waals surface area (Å²) in [6, 6.07) is 4.08. The van der Waals surface area contributed by atoms with Crippen LogP contribution in [0.3, 0.4) is 0 Å². The summed E-state index contributed by atoms with van der Waals surface area (Å²) < 4.78 is 0. The van der Waals surface area contributed by atoms with Gasteiger partial charge in [0.2, 0.25) is 11.8 Å². The van der Waals surface area contributed by atoms with Gasteiger partial charge in [0.05, 0.1) is 5.92 Å². The molecule has 1 aromatic heterocycles. The van der Waals surface area contributed by atoms with Crippen LogP contribution in [0.1, 0.15) is 17.7 Å². The fourth-order valence-corrected chi connectivity index (χ4v) is 2.57. The molecule has 5 heteroatoms. The fourth-order valence-electron chi connectivity index (χ4n) is 1.86. The predicted molar refractivity (Wildman–Crippen MR) is 66.8 cm³/mol. The molecule has 0 aromatic carbocycles. The first-order valence-electron chi connectivity index (χ1n) is 5.82. The molecule has 0 saturated carbocycles. The number of hydrogen-bond donors (Lipinski definition) is 2. The van der Waals surface area contributed by atoms with Gasteiger partial charge in [-0.25, -0.2) is 0 Å². The van der Waals surface area contributed by atoms with Crippen molar-refractivity contribution in [1.82, 2.24) is 10.6 Å². The zero-order valence-electron chi connectivity index (χ0n) is 9.57. The molecule has 2 amide bonds. The number of amides is 2. The summed E-state index contributed by atoms with van der Waals surface area (Å²) in [5.74, 6) is 0.0465. The number of rotatable bonds is 4. The molecule has 1 atom stereocenters. The Labute approximate surface area is 104 Å². The van der Waals surface area contributed by atoms with Gasteiger partial charge in [-0.05, 0) is 24.3 Å². The molecule has 17 heavy (non-hydrogen) atoms. The second-order valence-corrected chi connectivity index (χ2v) is 5.19. The van der Waals surface area contributed by atoms with E-state index in [0.29, 0.717) is 25.9 Å². The van der Waals surface area contributed by atoms with E-state index in [1.54, 1.807) is 11.3 Å². The van der Waals surface area contributed by atoms with E-state index in [1.807, 2.05) is 11.4 Å². The van der Waals surface area contributed by atoms with Gasteiger partial charge in [0.1, 0.15) is 0 Å². The third kappa shape index (κ3) is 3.56. The van der Waals surface area contributed by atoms with Crippen molar-refractivity contribution in [1.29, 1.82) is 0 Å². The SMILES string of the molecule is O=C1CCC(C(=O)NCCc2cccs2)CN1. The quantitative estimate of drug-likeness (QED) is 0.837. The topological polar surface area (TPSA) is 58.2 Å². The maximum atomic E-state index is 11.8. The van der Waals surface area contributed by atoms with Crippen LogP contribution in [0.2, 0.25) is 0 Å². The minimum absolute atomic E-state index is 0.0487. The summed E-state index contributed by atoms with van der Waals surface area (Å²) in [5.41, 5.74) is 0. The average molecular weight is 252 g/mol. The molecule has 0 bridgehead atoms. The molecule has 0 radical (unpaired) electrons. The van der Waals surface area contributed by atoms with Crippen molar-refractivity contribution in [3.05, 3.63) is 22.4 Å². The Morgan fingerprint density at radius 2 is 2.47 bits per heavy atom. The van der Waals surface area contributed by atoms with Crippen LogP contribution < -0.4 is 10.6 Å². The predicted octanol–water partition coefficient (Wildman–Crippen LogP) is 0.933. The lowest BCUT2D eigenvalue weighted by atomic mass is 9.98. The molecule has 1 aliphatic rings. The Morgan fingerprint density at radius 1 is 1.59 bits per heavy atom. The lowest BCUT2D eigenvalue weighted by molar-refractivity contribution is -0.128. The highest BCUT2D eigenvalue weighted by Gasteiger charge is 2.23. The molecule has 2 N–H and O–H groups in total. The number of carbonyl (C=O) groups is 2. The summed E-state index contributed by atoms with van der Waals surface area (Å²) in [7, 11) is 0. The Morgan fingerprint density at radius 3 is 3.12 bits per heavy atom. The molecule has 0 spiro atoms. The first-order chi connectivity index (χ1) is 8.25. The molecule has 2 heterocycles. The number of thiophene rings is 1. The highest BCUT2D eigenvalue weighted by atomic mass is 32.1. The second-order valence-electron chi connectivity index (χ2n) is 4.16. The summed E-state index contributed by atoms with van der Waals surface area (Å²) in [4.78, 5) is 24.0. The molecule has 1 aliphatic heterocycles. The van der Waals surface area contributed by atoms with E-state index in [1.165, 1.54) is 4.88 Å². The Kier molecular flexibility index (Phi) is 4.14. The van der Waals surface area contributed by atoms with Crippen molar-refractivity contribution in [2.45, 2.75) is 19.3 Å². The lowest BCUT2D eigenvalue weighted by Crippen LogP contribution is -2.43. The first kappa shape index (κ1) is 12.1. The van der Waals surface area contributed by atoms with Gasteiger partial charge in [-0.1, -0.05) is 6.07 Å². The highest BCUT2D eigenvalue weighted by molar-refractivity contribution is 7.09. The molecule has 1 aromatic rings. The van der Waals surface area contributed by atoms with E-state index in [2.05, 4.69) is 16.7 Å². The van der Waals surface area contributed by atoms with Gasteiger partial charge in [-0.2, -0.15) is 0 Å². The molecular weight excluding hydrogens is 236 g/mol. The molecule has 1 saturated heterocycles. The Bertz CT molecular complexity index is 379. The van der Waals surface area contributed by atoms with Crippen molar-refractivity contribution < 1.29 is 9.59 Å². The lowest BCUT2D eigenvalue weighted by Gasteiger charge is -2.21. The maximum absolute atomic E-state index is 11.8. The number of nitrogens with one attached hydrogen (secondary N) is 2. The van der Waals surface area contributed by atoms with Crippen LogP contribution in [0.5, 0.6) is 0 Å². The molecule has 0 aliphatic carbocycles. The summed E-state index contributed by atoms with van der Waals surface area (Å²) in [5, 5.41) is 7.68. The van der Waals surface area contributed by atoms with Gasteiger partial charge in [-0.15, -0.1) is 11.3 Å². The van der Waals surface area contributed by atoms with Crippen molar-refractivity contribution in [2.24, 2.45) is 5.92 Å². The number of carbonyl (C=O) groups excluding carboxylic acids is 2. The largest absolute Gasteiger partial charge is 0.355 e. The van der Waals surface area contributed by atoms with Gasteiger partial charge in [0, 0.05) is 24.4 Å². The third-order valence-electron chi connectivity index (χ3n) is 2.89. The van der Waals surface area contributed by atoms with Crippen LogP contribution in [0.4, 0.5) is 0 Å². The molecule has 1 fully saturated rings. The van der Waals surface area contributed by atoms with Crippen molar-refractivity contribution >= 4 is 23.2 Å². The standard InChI is InChI=1S/C12H16N2O2S/c15-11-4-3-9(8-14-11)12(16)13-6-5-10-2-1-7-17-10/h1-2,7,9H,3-6,8H2,(H,13,16)(H,14,15). The summed E-state index contributed by atoms with van der Waals surface area (Å²) in [6.07, 6.45) is 2.00. The van der Waals surface area contributed by atoms with Crippen LogP contribution in [0.15, 0.2) is 17.5 Å². The van der Waals surface area contributed by atoms with Gasteiger partial charge >= 0.3 is 0 Å². The first-order valence-corrected chi connectivity index (χ1v) is 6.70. The summed E-state index contributed by atoms with van der Waals surface area (Å²) >= 11 is 1.70. The van der Waals surface area contributed by atoms with E-state index < -0.39 is 0 Å². The highest BCUT2D eigenvalue weighted by Crippen LogP contribution is 2.11. The molecule has 2 rings (SSSR count). The van der Waals surface area contributed by atoms with Gasteiger partial charge < -0.3 is 10.6 Å². The van der Waals surface area contributed by atoms with Crippen molar-refractivity contribution in [2.75, 3.05) is 13.1 Å². The van der Waals surface area contributed by atoms with E-state index >= 15 is 0 Å². The maximum Gasteiger partial charge on any atom is 0.224 e. The second kappa shape index (κ2) is 5.82. The van der Waals surface area contributed by atoms with E-state index in [0.717, 1.165) is 6.42 Å². The zero-order valence-corrected chi connectivity index (χ0v) is 10.4. The molecule has 1 unspecified atom stereocenters. The zero-order chi connectivity index (χ0) is 12.1. The Hall–Kier alpha value is -1.36. The van der Waals surface area contributed by atoms with E-state index in [-0.39, 0.29) is 17.7 Å². The monoisotopic (exact) mass is 252 g/mol.